The lowest BCUT2D eigenvalue weighted by Crippen LogP contribution is -2.26. The molecule has 0 saturated heterocycles. The summed E-state index contributed by atoms with van der Waals surface area (Å²) in [5.41, 5.74) is 4.43. The Balaban J connectivity index is 1.29. The number of H-pyrrole nitrogens is 1. The van der Waals surface area contributed by atoms with Gasteiger partial charge < -0.3 is 14.7 Å². The van der Waals surface area contributed by atoms with Crippen LogP contribution < -0.4 is 5.32 Å². The summed E-state index contributed by atoms with van der Waals surface area (Å²) >= 11 is 12.6. The molecule has 0 unspecified atom stereocenters. The normalized spacial score (nSPS) is 11.3. The summed E-state index contributed by atoms with van der Waals surface area (Å²) in [6, 6.07) is 17.5. The Bertz CT molecular complexity index is 1500. The van der Waals surface area contributed by atoms with Gasteiger partial charge >= 0.3 is 0 Å². The van der Waals surface area contributed by atoms with Gasteiger partial charge in [0, 0.05) is 59.2 Å². The van der Waals surface area contributed by atoms with Crippen LogP contribution in [0.2, 0.25) is 10.0 Å². The Hall–Kier alpha value is -3.65. The standard InChI is InChI=1S/C28H25Cl2N5O2/c29-22-8-7-21(24(30)12-22)16-35(11-9-20-15-32-25-6-2-1-5-23(20)25)17-27-34-26(18-37-27)28(36)33-14-19-4-3-10-31-13-19/h1-8,10,12-13,15,18,32H,9,11,14,16-17H2,(H,33,36). The third kappa shape index (κ3) is 6.38. The van der Waals surface area contributed by atoms with Crippen LogP contribution in [0.1, 0.15) is 33.1 Å². The zero-order chi connectivity index (χ0) is 25.6. The molecule has 0 radical (unpaired) electrons. The topological polar surface area (TPSA) is 87.0 Å². The Morgan fingerprint density at radius 3 is 2.78 bits per heavy atom. The van der Waals surface area contributed by atoms with Crippen molar-refractivity contribution in [2.24, 2.45) is 0 Å². The minimum absolute atomic E-state index is 0.236. The molecule has 0 spiro atoms. The minimum Gasteiger partial charge on any atom is -0.447 e. The number of hydrogen-bond donors (Lipinski definition) is 2. The largest absolute Gasteiger partial charge is 0.447 e. The van der Waals surface area contributed by atoms with Gasteiger partial charge in [0.25, 0.3) is 5.91 Å². The van der Waals surface area contributed by atoms with Crippen LogP contribution in [-0.2, 0) is 26.1 Å². The molecule has 7 nitrogen and oxygen atoms in total. The summed E-state index contributed by atoms with van der Waals surface area (Å²) in [5.74, 6) is 0.153. The van der Waals surface area contributed by atoms with E-state index in [9.17, 15) is 4.79 Å². The van der Waals surface area contributed by atoms with E-state index >= 15 is 0 Å². The van der Waals surface area contributed by atoms with Crippen molar-refractivity contribution in [3.8, 4) is 0 Å². The molecule has 2 aromatic carbocycles. The van der Waals surface area contributed by atoms with Gasteiger partial charge in [-0.25, -0.2) is 4.98 Å². The van der Waals surface area contributed by atoms with E-state index in [4.69, 9.17) is 27.6 Å². The fourth-order valence-corrected chi connectivity index (χ4v) is 4.64. The maximum absolute atomic E-state index is 12.6. The number of nitrogens with one attached hydrogen (secondary N) is 2. The number of aromatic nitrogens is 3. The third-order valence-electron chi connectivity index (χ3n) is 6.10. The number of hydrogen-bond acceptors (Lipinski definition) is 5. The first kappa shape index (κ1) is 25.0. The van der Waals surface area contributed by atoms with E-state index in [1.54, 1.807) is 18.5 Å². The van der Waals surface area contributed by atoms with Crippen molar-refractivity contribution in [3.05, 3.63) is 118 Å². The van der Waals surface area contributed by atoms with E-state index in [-0.39, 0.29) is 11.6 Å². The lowest BCUT2D eigenvalue weighted by Gasteiger charge is -2.21. The molecule has 5 aromatic rings. The summed E-state index contributed by atoms with van der Waals surface area (Å²) < 4.78 is 5.68. The zero-order valence-corrected chi connectivity index (χ0v) is 21.5. The van der Waals surface area contributed by atoms with E-state index in [2.05, 4.69) is 37.3 Å². The maximum atomic E-state index is 12.6. The van der Waals surface area contributed by atoms with Gasteiger partial charge in [0.2, 0.25) is 5.89 Å². The molecule has 5 rings (SSSR count). The molecular weight excluding hydrogens is 509 g/mol. The number of rotatable bonds is 10. The molecule has 37 heavy (non-hydrogen) atoms. The predicted molar refractivity (Wildman–Crippen MR) is 144 cm³/mol. The van der Waals surface area contributed by atoms with Crippen LogP contribution in [0.5, 0.6) is 0 Å². The first-order valence-electron chi connectivity index (χ1n) is 11.9. The highest BCUT2D eigenvalue weighted by atomic mass is 35.5. The first-order valence-corrected chi connectivity index (χ1v) is 12.6. The quantitative estimate of drug-likeness (QED) is 0.228. The Labute approximate surface area is 224 Å². The Morgan fingerprint density at radius 1 is 1.05 bits per heavy atom. The molecule has 0 bridgehead atoms. The number of nitrogens with zero attached hydrogens (tertiary/aromatic N) is 3. The van der Waals surface area contributed by atoms with Crippen molar-refractivity contribution in [2.75, 3.05) is 6.54 Å². The first-order chi connectivity index (χ1) is 18.0. The van der Waals surface area contributed by atoms with Crippen LogP contribution in [0.15, 0.2) is 83.9 Å². The van der Waals surface area contributed by atoms with Crippen molar-refractivity contribution in [1.29, 1.82) is 0 Å². The van der Waals surface area contributed by atoms with Gasteiger partial charge in [-0.15, -0.1) is 0 Å². The van der Waals surface area contributed by atoms with Gasteiger partial charge in [-0.05, 0) is 47.4 Å². The summed E-state index contributed by atoms with van der Waals surface area (Å²) in [6.07, 6.45) is 7.65. The highest BCUT2D eigenvalue weighted by Gasteiger charge is 2.17. The van der Waals surface area contributed by atoms with Crippen LogP contribution in [0, 0.1) is 0 Å². The second-order valence-electron chi connectivity index (χ2n) is 8.73. The van der Waals surface area contributed by atoms with Gasteiger partial charge in [0.05, 0.1) is 6.54 Å². The molecule has 3 heterocycles. The highest BCUT2D eigenvalue weighted by molar-refractivity contribution is 6.35. The van der Waals surface area contributed by atoms with Crippen LogP contribution in [0.3, 0.4) is 0 Å². The number of amides is 1. The molecule has 2 N–H and O–H groups in total. The van der Waals surface area contributed by atoms with E-state index in [0.29, 0.717) is 35.6 Å². The number of benzene rings is 2. The number of oxazole rings is 1. The number of para-hydroxylation sites is 1. The summed E-state index contributed by atoms with van der Waals surface area (Å²) in [4.78, 5) is 26.6. The molecular formula is C28H25Cl2N5O2. The molecule has 9 heteroatoms. The van der Waals surface area contributed by atoms with Crippen molar-refractivity contribution in [2.45, 2.75) is 26.1 Å². The highest BCUT2D eigenvalue weighted by Crippen LogP contribution is 2.24. The molecule has 0 atom stereocenters. The van der Waals surface area contributed by atoms with Crippen molar-refractivity contribution in [1.82, 2.24) is 25.2 Å². The number of aromatic amines is 1. The van der Waals surface area contributed by atoms with Crippen LogP contribution in [0.25, 0.3) is 10.9 Å². The van der Waals surface area contributed by atoms with Crippen LogP contribution >= 0.6 is 23.2 Å². The lowest BCUT2D eigenvalue weighted by atomic mass is 10.1. The lowest BCUT2D eigenvalue weighted by molar-refractivity contribution is 0.0945. The van der Waals surface area contributed by atoms with E-state index in [1.165, 1.54) is 17.2 Å². The van der Waals surface area contributed by atoms with Gasteiger partial charge in [0.1, 0.15) is 6.26 Å². The Kier molecular flexibility index (Phi) is 7.84. The molecule has 0 aliphatic carbocycles. The number of carbonyl (C=O) groups excluding carboxylic acids is 1. The number of carbonyl (C=O) groups is 1. The van der Waals surface area contributed by atoms with E-state index in [1.807, 2.05) is 42.6 Å². The molecule has 3 aromatic heterocycles. The molecule has 0 aliphatic rings. The summed E-state index contributed by atoms with van der Waals surface area (Å²) in [7, 11) is 0. The van der Waals surface area contributed by atoms with Crippen molar-refractivity contribution < 1.29 is 9.21 Å². The molecule has 0 saturated carbocycles. The van der Waals surface area contributed by atoms with Crippen molar-refractivity contribution in [3.63, 3.8) is 0 Å². The molecule has 1 amide bonds. The van der Waals surface area contributed by atoms with Crippen molar-refractivity contribution >= 4 is 40.0 Å². The predicted octanol–water partition coefficient (Wildman–Crippen LogP) is 6.03. The fraction of sp³-hybridized carbons (Fsp3) is 0.179. The van der Waals surface area contributed by atoms with Gasteiger partial charge in [0.15, 0.2) is 5.69 Å². The second kappa shape index (κ2) is 11.6. The van der Waals surface area contributed by atoms with Crippen LogP contribution in [0.4, 0.5) is 0 Å². The molecule has 0 fully saturated rings. The average molecular weight is 534 g/mol. The summed E-state index contributed by atoms with van der Waals surface area (Å²) in [6.45, 7) is 2.08. The third-order valence-corrected chi connectivity index (χ3v) is 6.69. The fourth-order valence-electron chi connectivity index (χ4n) is 4.18. The minimum atomic E-state index is -0.301. The maximum Gasteiger partial charge on any atom is 0.273 e. The number of halogens is 2. The smallest absolute Gasteiger partial charge is 0.273 e. The SMILES string of the molecule is O=C(NCc1cccnc1)c1coc(CN(CCc2c[nH]c3ccccc23)Cc2ccc(Cl)cc2Cl)n1. The monoisotopic (exact) mass is 533 g/mol. The van der Waals surface area contributed by atoms with Gasteiger partial charge in [-0.3, -0.25) is 14.7 Å². The second-order valence-corrected chi connectivity index (χ2v) is 9.57. The Morgan fingerprint density at radius 2 is 1.95 bits per heavy atom. The summed E-state index contributed by atoms with van der Waals surface area (Å²) in [5, 5.41) is 5.25. The number of fused-ring (bicyclic) bond motifs is 1. The molecule has 188 valence electrons. The van der Waals surface area contributed by atoms with E-state index in [0.717, 1.165) is 29.6 Å². The van der Waals surface area contributed by atoms with E-state index < -0.39 is 0 Å². The van der Waals surface area contributed by atoms with Crippen LogP contribution in [-0.4, -0.2) is 32.3 Å². The van der Waals surface area contributed by atoms with Gasteiger partial charge in [-0.1, -0.05) is 53.5 Å². The molecule has 0 aliphatic heterocycles. The average Bonchev–Trinajstić information content (AvgIpc) is 3.55. The zero-order valence-electron chi connectivity index (χ0n) is 20.0. The van der Waals surface area contributed by atoms with Gasteiger partial charge in [-0.2, -0.15) is 0 Å². The number of pyridine rings is 1.